The smallest absolute Gasteiger partial charge is 0.0420 e. The van der Waals surface area contributed by atoms with E-state index in [-0.39, 0.29) is 0 Å². The molecule has 0 unspecified atom stereocenters. The van der Waals surface area contributed by atoms with Gasteiger partial charge in [0.25, 0.3) is 0 Å². The Morgan fingerprint density at radius 2 is 1.56 bits per heavy atom. The Balaban J connectivity index is 2.22. The van der Waals surface area contributed by atoms with Gasteiger partial charge in [-0.15, -0.1) is 0 Å². The normalized spacial score (nSPS) is 10.9. The van der Waals surface area contributed by atoms with Crippen molar-refractivity contribution in [3.8, 4) is 0 Å². The zero-order valence-electron chi connectivity index (χ0n) is 10.2. The number of hydrogen-bond acceptors (Lipinski definition) is 2. The minimum atomic E-state index is 0.643. The van der Waals surface area contributed by atoms with Crippen molar-refractivity contribution in [1.82, 2.24) is 0 Å². The molecule has 0 aromatic heterocycles. The van der Waals surface area contributed by atoms with Crippen molar-refractivity contribution in [1.29, 1.82) is 0 Å². The van der Waals surface area contributed by atoms with E-state index < -0.39 is 0 Å². The summed E-state index contributed by atoms with van der Waals surface area (Å²) in [5.74, 6) is 0. The highest BCUT2D eigenvalue weighted by Gasteiger charge is 2.02. The number of fused-ring (bicyclic) bond motifs is 2. The quantitative estimate of drug-likeness (QED) is 0.684. The lowest BCUT2D eigenvalue weighted by Gasteiger charge is -2.10. The van der Waals surface area contributed by atoms with Crippen LogP contribution in [0.3, 0.4) is 0 Å². The summed E-state index contributed by atoms with van der Waals surface area (Å²) in [6.07, 6.45) is 0. The summed E-state index contributed by atoms with van der Waals surface area (Å²) >= 11 is 0. The molecule has 0 fully saturated rings. The van der Waals surface area contributed by atoms with Crippen LogP contribution < -0.4 is 11.1 Å². The van der Waals surface area contributed by atoms with Crippen LogP contribution >= 0.6 is 0 Å². The summed E-state index contributed by atoms with van der Waals surface area (Å²) in [5.41, 5.74) is 6.70. The van der Waals surface area contributed by atoms with Crippen LogP contribution in [0.25, 0.3) is 21.5 Å². The lowest BCUT2D eigenvalue weighted by molar-refractivity contribution is 1.03. The molecule has 0 aliphatic carbocycles. The molecule has 0 atom stereocenters. The minimum absolute atomic E-state index is 0.643. The summed E-state index contributed by atoms with van der Waals surface area (Å²) in [7, 11) is 0. The monoisotopic (exact) mass is 236 g/mol. The second kappa shape index (κ2) is 4.67. The van der Waals surface area contributed by atoms with Crippen LogP contribution in [0.15, 0.2) is 54.6 Å². The average molecular weight is 236 g/mol. The zero-order chi connectivity index (χ0) is 12.4. The Bertz CT molecular complexity index is 689. The number of rotatable bonds is 3. The average Bonchev–Trinajstić information content (AvgIpc) is 2.43. The number of anilines is 1. The predicted molar refractivity (Wildman–Crippen MR) is 79.0 cm³/mol. The lowest BCUT2D eigenvalue weighted by Crippen LogP contribution is -2.13. The fourth-order valence-electron chi connectivity index (χ4n) is 2.33. The van der Waals surface area contributed by atoms with Crippen molar-refractivity contribution < 1.29 is 0 Å². The molecule has 18 heavy (non-hydrogen) atoms. The molecular weight excluding hydrogens is 220 g/mol. The van der Waals surface area contributed by atoms with E-state index in [0.29, 0.717) is 6.54 Å². The zero-order valence-corrected chi connectivity index (χ0v) is 10.2. The van der Waals surface area contributed by atoms with E-state index >= 15 is 0 Å². The van der Waals surface area contributed by atoms with Gasteiger partial charge in [0, 0.05) is 24.2 Å². The molecule has 0 bridgehead atoms. The molecule has 0 aliphatic heterocycles. The van der Waals surface area contributed by atoms with Gasteiger partial charge in [0.05, 0.1) is 0 Å². The van der Waals surface area contributed by atoms with Gasteiger partial charge in [-0.1, -0.05) is 36.4 Å². The fraction of sp³-hybridized carbons (Fsp3) is 0.125. The van der Waals surface area contributed by atoms with E-state index in [2.05, 4.69) is 59.9 Å². The maximum absolute atomic E-state index is 5.55. The molecule has 3 N–H and O–H groups in total. The summed E-state index contributed by atoms with van der Waals surface area (Å²) in [6, 6.07) is 19.2. The number of benzene rings is 3. The first-order chi connectivity index (χ1) is 8.88. The summed E-state index contributed by atoms with van der Waals surface area (Å²) < 4.78 is 0. The molecule has 2 heteroatoms. The molecule has 0 spiro atoms. The van der Waals surface area contributed by atoms with Crippen molar-refractivity contribution in [3.63, 3.8) is 0 Å². The largest absolute Gasteiger partial charge is 0.383 e. The van der Waals surface area contributed by atoms with Crippen LogP contribution in [0.5, 0.6) is 0 Å². The van der Waals surface area contributed by atoms with Crippen molar-refractivity contribution in [2.24, 2.45) is 5.73 Å². The first-order valence-corrected chi connectivity index (χ1v) is 6.24. The molecule has 3 rings (SSSR count). The van der Waals surface area contributed by atoms with Gasteiger partial charge in [0.15, 0.2) is 0 Å². The number of nitrogens with one attached hydrogen (secondary N) is 1. The maximum atomic E-state index is 5.55. The highest BCUT2D eigenvalue weighted by Crippen LogP contribution is 2.28. The van der Waals surface area contributed by atoms with Crippen molar-refractivity contribution in [3.05, 3.63) is 54.6 Å². The molecule has 0 radical (unpaired) electrons. The minimum Gasteiger partial charge on any atom is -0.383 e. The van der Waals surface area contributed by atoms with Crippen LogP contribution in [-0.2, 0) is 0 Å². The standard InChI is InChI=1S/C16H16N2/c17-8-9-18-16-7-3-6-14-10-12-4-1-2-5-13(12)11-15(14)16/h1-7,10-11,18H,8-9,17H2. The van der Waals surface area contributed by atoms with Crippen LogP contribution in [0.2, 0.25) is 0 Å². The van der Waals surface area contributed by atoms with Gasteiger partial charge in [-0.05, 0) is 34.4 Å². The lowest BCUT2D eigenvalue weighted by atomic mass is 10.0. The van der Waals surface area contributed by atoms with E-state index in [1.165, 1.54) is 21.5 Å². The third kappa shape index (κ3) is 1.91. The molecule has 3 aromatic carbocycles. The highest BCUT2D eigenvalue weighted by molar-refractivity contribution is 6.03. The van der Waals surface area contributed by atoms with Gasteiger partial charge in [-0.25, -0.2) is 0 Å². The van der Waals surface area contributed by atoms with Crippen LogP contribution in [0.1, 0.15) is 0 Å². The van der Waals surface area contributed by atoms with E-state index in [9.17, 15) is 0 Å². The van der Waals surface area contributed by atoms with Crippen molar-refractivity contribution >= 4 is 27.2 Å². The van der Waals surface area contributed by atoms with Crippen molar-refractivity contribution in [2.75, 3.05) is 18.4 Å². The van der Waals surface area contributed by atoms with E-state index in [1.54, 1.807) is 0 Å². The Labute approximate surface area is 106 Å². The summed E-state index contributed by atoms with van der Waals surface area (Å²) in [5, 5.41) is 8.44. The van der Waals surface area contributed by atoms with Crippen LogP contribution in [-0.4, -0.2) is 13.1 Å². The topological polar surface area (TPSA) is 38.0 Å². The molecule has 2 nitrogen and oxygen atoms in total. The molecule has 0 heterocycles. The van der Waals surface area contributed by atoms with E-state index in [1.807, 2.05) is 0 Å². The Hall–Kier alpha value is -2.06. The summed E-state index contributed by atoms with van der Waals surface area (Å²) in [4.78, 5) is 0. The Morgan fingerprint density at radius 1 is 0.833 bits per heavy atom. The molecule has 0 saturated carbocycles. The first kappa shape index (κ1) is 11.1. The van der Waals surface area contributed by atoms with Gasteiger partial charge in [0.2, 0.25) is 0 Å². The van der Waals surface area contributed by atoms with Crippen LogP contribution in [0, 0.1) is 0 Å². The molecule has 0 amide bonds. The Kier molecular flexibility index (Phi) is 2.87. The molecule has 0 aliphatic rings. The first-order valence-electron chi connectivity index (χ1n) is 6.24. The van der Waals surface area contributed by atoms with Crippen molar-refractivity contribution in [2.45, 2.75) is 0 Å². The molecule has 0 saturated heterocycles. The summed E-state index contributed by atoms with van der Waals surface area (Å²) in [6.45, 7) is 1.44. The SMILES string of the molecule is NCCNc1cccc2cc3ccccc3cc12. The molecule has 3 aromatic rings. The maximum Gasteiger partial charge on any atom is 0.0420 e. The molecule has 90 valence electrons. The second-order valence-electron chi connectivity index (χ2n) is 4.44. The number of hydrogen-bond donors (Lipinski definition) is 2. The third-order valence-electron chi connectivity index (χ3n) is 3.21. The van der Waals surface area contributed by atoms with Crippen LogP contribution in [0.4, 0.5) is 5.69 Å². The molecular formula is C16H16N2. The van der Waals surface area contributed by atoms with Gasteiger partial charge in [-0.3, -0.25) is 0 Å². The van der Waals surface area contributed by atoms with E-state index in [4.69, 9.17) is 5.73 Å². The Morgan fingerprint density at radius 3 is 2.33 bits per heavy atom. The fourth-order valence-corrected chi connectivity index (χ4v) is 2.33. The van der Waals surface area contributed by atoms with Gasteiger partial charge < -0.3 is 11.1 Å². The van der Waals surface area contributed by atoms with Gasteiger partial charge in [0.1, 0.15) is 0 Å². The third-order valence-corrected chi connectivity index (χ3v) is 3.21. The predicted octanol–water partition coefficient (Wildman–Crippen LogP) is 3.36. The highest BCUT2D eigenvalue weighted by atomic mass is 14.9. The second-order valence-corrected chi connectivity index (χ2v) is 4.44. The van der Waals surface area contributed by atoms with E-state index in [0.717, 1.165) is 12.2 Å². The van der Waals surface area contributed by atoms with Gasteiger partial charge in [-0.2, -0.15) is 0 Å². The van der Waals surface area contributed by atoms with Gasteiger partial charge >= 0.3 is 0 Å². The number of nitrogens with two attached hydrogens (primary N) is 1.